The first kappa shape index (κ1) is 14.0. The molecule has 1 aliphatic heterocycles. The lowest BCUT2D eigenvalue weighted by molar-refractivity contribution is -0.147. The molecular formula is C14H28O2. The van der Waals surface area contributed by atoms with Crippen LogP contribution in [-0.4, -0.2) is 22.9 Å². The van der Waals surface area contributed by atoms with Crippen molar-refractivity contribution in [2.45, 2.75) is 83.3 Å². The molecule has 2 heteroatoms. The fraction of sp³-hybridized carbons (Fsp3) is 1.00. The molecular weight excluding hydrogens is 200 g/mol. The normalized spacial score (nSPS) is 29.2. The van der Waals surface area contributed by atoms with Crippen molar-refractivity contribution in [3.05, 3.63) is 0 Å². The molecule has 0 aliphatic carbocycles. The molecule has 1 fully saturated rings. The van der Waals surface area contributed by atoms with E-state index in [1.807, 2.05) is 0 Å². The Bertz CT molecular complexity index is 201. The van der Waals surface area contributed by atoms with Crippen LogP contribution in [0.4, 0.5) is 0 Å². The highest BCUT2D eigenvalue weighted by Crippen LogP contribution is 2.35. The first-order valence-corrected chi connectivity index (χ1v) is 6.84. The zero-order chi connectivity index (χ0) is 12.1. The molecule has 0 amide bonds. The Balaban J connectivity index is 2.23. The molecule has 16 heavy (non-hydrogen) atoms. The van der Waals surface area contributed by atoms with E-state index < -0.39 is 5.60 Å². The highest BCUT2D eigenvalue weighted by Gasteiger charge is 2.38. The molecule has 0 spiro atoms. The molecule has 96 valence electrons. The van der Waals surface area contributed by atoms with E-state index in [0.29, 0.717) is 6.61 Å². The van der Waals surface area contributed by atoms with Crippen LogP contribution >= 0.6 is 0 Å². The van der Waals surface area contributed by atoms with Gasteiger partial charge >= 0.3 is 0 Å². The minimum atomic E-state index is -0.464. The van der Waals surface area contributed by atoms with Crippen molar-refractivity contribution in [3.63, 3.8) is 0 Å². The summed E-state index contributed by atoms with van der Waals surface area (Å²) in [6.07, 6.45) is 8.89. The van der Waals surface area contributed by atoms with Gasteiger partial charge in [-0.2, -0.15) is 0 Å². The van der Waals surface area contributed by atoms with Crippen LogP contribution in [-0.2, 0) is 4.74 Å². The van der Waals surface area contributed by atoms with Gasteiger partial charge in [0.25, 0.3) is 0 Å². The van der Waals surface area contributed by atoms with Crippen LogP contribution in [0.15, 0.2) is 0 Å². The van der Waals surface area contributed by atoms with Gasteiger partial charge in [-0.15, -0.1) is 0 Å². The molecule has 0 aromatic carbocycles. The SMILES string of the molecule is CCCCCCCC1(O)CCOC(C)(C)C1. The molecule has 1 N–H and O–H groups in total. The molecule has 1 saturated heterocycles. The number of hydrogen-bond acceptors (Lipinski definition) is 2. The predicted octanol–water partition coefficient (Wildman–Crippen LogP) is 3.67. The highest BCUT2D eigenvalue weighted by molar-refractivity contribution is 4.90. The molecule has 2 nitrogen and oxygen atoms in total. The van der Waals surface area contributed by atoms with Crippen LogP contribution in [0.3, 0.4) is 0 Å². The number of rotatable bonds is 6. The second kappa shape index (κ2) is 6.02. The first-order valence-electron chi connectivity index (χ1n) is 6.84. The molecule has 1 rings (SSSR count). The lowest BCUT2D eigenvalue weighted by Gasteiger charge is -2.41. The van der Waals surface area contributed by atoms with Crippen molar-refractivity contribution < 1.29 is 9.84 Å². The van der Waals surface area contributed by atoms with E-state index in [1.54, 1.807) is 0 Å². The van der Waals surface area contributed by atoms with E-state index in [9.17, 15) is 5.11 Å². The second-order valence-electron chi connectivity index (χ2n) is 5.92. The summed E-state index contributed by atoms with van der Waals surface area (Å²) >= 11 is 0. The minimum absolute atomic E-state index is 0.142. The summed E-state index contributed by atoms with van der Waals surface area (Å²) in [4.78, 5) is 0. The Morgan fingerprint density at radius 3 is 2.44 bits per heavy atom. The first-order chi connectivity index (χ1) is 7.47. The van der Waals surface area contributed by atoms with E-state index in [-0.39, 0.29) is 5.60 Å². The molecule has 1 aliphatic rings. The topological polar surface area (TPSA) is 29.5 Å². The van der Waals surface area contributed by atoms with Crippen molar-refractivity contribution >= 4 is 0 Å². The van der Waals surface area contributed by atoms with Gasteiger partial charge in [0, 0.05) is 6.42 Å². The van der Waals surface area contributed by atoms with E-state index in [4.69, 9.17) is 4.74 Å². The van der Waals surface area contributed by atoms with E-state index in [0.717, 1.165) is 25.7 Å². The lowest BCUT2D eigenvalue weighted by Crippen LogP contribution is -2.45. The van der Waals surface area contributed by atoms with Crippen LogP contribution in [0.1, 0.15) is 72.1 Å². The molecule has 0 aromatic heterocycles. The molecule has 0 saturated carbocycles. The fourth-order valence-electron chi connectivity index (χ4n) is 2.72. The van der Waals surface area contributed by atoms with Gasteiger partial charge in [-0.3, -0.25) is 0 Å². The summed E-state index contributed by atoms with van der Waals surface area (Å²) in [5.41, 5.74) is -0.607. The number of ether oxygens (including phenoxy) is 1. The summed E-state index contributed by atoms with van der Waals surface area (Å²) in [6.45, 7) is 7.09. The maximum absolute atomic E-state index is 10.5. The third-order valence-corrected chi connectivity index (χ3v) is 3.56. The quantitative estimate of drug-likeness (QED) is 0.703. The van der Waals surface area contributed by atoms with E-state index in [2.05, 4.69) is 20.8 Å². The molecule has 1 heterocycles. The monoisotopic (exact) mass is 228 g/mol. The van der Waals surface area contributed by atoms with Gasteiger partial charge in [-0.25, -0.2) is 0 Å². The van der Waals surface area contributed by atoms with E-state index in [1.165, 1.54) is 25.7 Å². The maximum atomic E-state index is 10.5. The van der Waals surface area contributed by atoms with Gasteiger partial charge in [-0.1, -0.05) is 39.0 Å². The zero-order valence-corrected chi connectivity index (χ0v) is 11.2. The maximum Gasteiger partial charge on any atom is 0.0697 e. The molecule has 0 radical (unpaired) electrons. The van der Waals surface area contributed by atoms with Crippen molar-refractivity contribution in [3.8, 4) is 0 Å². The van der Waals surface area contributed by atoms with Crippen molar-refractivity contribution in [1.82, 2.24) is 0 Å². The Morgan fingerprint density at radius 1 is 1.12 bits per heavy atom. The van der Waals surface area contributed by atoms with Crippen LogP contribution in [0, 0.1) is 0 Å². The average molecular weight is 228 g/mol. The van der Waals surface area contributed by atoms with Crippen LogP contribution in [0.2, 0.25) is 0 Å². The number of hydrogen-bond donors (Lipinski definition) is 1. The number of aliphatic hydroxyl groups is 1. The summed E-state index contributed by atoms with van der Waals surface area (Å²) in [5.74, 6) is 0. The summed E-state index contributed by atoms with van der Waals surface area (Å²) in [5, 5.41) is 10.5. The average Bonchev–Trinajstić information content (AvgIpc) is 2.15. The molecule has 1 atom stereocenters. The third kappa shape index (κ3) is 4.84. The van der Waals surface area contributed by atoms with Crippen molar-refractivity contribution in [1.29, 1.82) is 0 Å². The summed E-state index contributed by atoms with van der Waals surface area (Å²) < 4.78 is 5.65. The zero-order valence-electron chi connectivity index (χ0n) is 11.2. The van der Waals surface area contributed by atoms with Gasteiger partial charge in [0.15, 0.2) is 0 Å². The third-order valence-electron chi connectivity index (χ3n) is 3.56. The van der Waals surface area contributed by atoms with E-state index >= 15 is 0 Å². The standard InChI is InChI=1S/C14H28O2/c1-4-5-6-7-8-9-14(15)10-11-16-13(2,3)12-14/h15H,4-12H2,1-3H3. The number of unbranched alkanes of at least 4 members (excludes halogenated alkanes) is 4. The Kier molecular flexibility index (Phi) is 5.26. The molecule has 0 bridgehead atoms. The summed E-state index contributed by atoms with van der Waals surface area (Å²) in [6, 6.07) is 0. The largest absolute Gasteiger partial charge is 0.390 e. The van der Waals surface area contributed by atoms with Gasteiger partial charge < -0.3 is 9.84 Å². The minimum Gasteiger partial charge on any atom is -0.390 e. The Labute approximate surface area is 100 Å². The van der Waals surface area contributed by atoms with Crippen LogP contribution in [0.25, 0.3) is 0 Å². The Morgan fingerprint density at radius 2 is 1.81 bits per heavy atom. The second-order valence-corrected chi connectivity index (χ2v) is 5.92. The lowest BCUT2D eigenvalue weighted by atomic mass is 9.81. The van der Waals surface area contributed by atoms with Crippen molar-refractivity contribution in [2.75, 3.05) is 6.61 Å². The predicted molar refractivity (Wildman–Crippen MR) is 67.6 cm³/mol. The van der Waals surface area contributed by atoms with Gasteiger partial charge in [-0.05, 0) is 26.7 Å². The smallest absolute Gasteiger partial charge is 0.0697 e. The van der Waals surface area contributed by atoms with Gasteiger partial charge in [0.05, 0.1) is 17.8 Å². The Hall–Kier alpha value is -0.0800. The van der Waals surface area contributed by atoms with Crippen LogP contribution < -0.4 is 0 Å². The van der Waals surface area contributed by atoms with Gasteiger partial charge in [0.1, 0.15) is 0 Å². The summed E-state index contributed by atoms with van der Waals surface area (Å²) in [7, 11) is 0. The van der Waals surface area contributed by atoms with Crippen molar-refractivity contribution in [2.24, 2.45) is 0 Å². The molecule has 0 aromatic rings. The molecule has 1 unspecified atom stereocenters. The van der Waals surface area contributed by atoms with Gasteiger partial charge in [0.2, 0.25) is 0 Å². The van der Waals surface area contributed by atoms with Crippen LogP contribution in [0.5, 0.6) is 0 Å². The fourth-order valence-corrected chi connectivity index (χ4v) is 2.72. The highest BCUT2D eigenvalue weighted by atomic mass is 16.5.